The van der Waals surface area contributed by atoms with E-state index < -0.39 is 5.91 Å². The van der Waals surface area contributed by atoms with Crippen LogP contribution < -0.4 is 10.1 Å². The van der Waals surface area contributed by atoms with Crippen molar-refractivity contribution in [3.8, 4) is 5.75 Å². The number of amides is 1. The van der Waals surface area contributed by atoms with Crippen molar-refractivity contribution in [1.29, 1.82) is 0 Å². The predicted octanol–water partition coefficient (Wildman–Crippen LogP) is 4.85. The summed E-state index contributed by atoms with van der Waals surface area (Å²) in [6, 6.07) is 15.1. The van der Waals surface area contributed by atoms with Crippen molar-refractivity contribution in [2.75, 3.05) is 5.32 Å². The fourth-order valence-corrected chi connectivity index (χ4v) is 3.13. The van der Waals surface area contributed by atoms with E-state index in [1.165, 1.54) is 10.7 Å². The Balaban J connectivity index is 1.44. The number of carbonyl (C=O) groups is 1. The second-order valence-corrected chi connectivity index (χ2v) is 7.14. The number of nitrogens with one attached hydrogen (secondary N) is 1. The predicted molar refractivity (Wildman–Crippen MR) is 113 cm³/mol. The average molecular weight is 441 g/mol. The third-order valence-electron chi connectivity index (χ3n) is 4.58. The van der Waals surface area contributed by atoms with Crippen LogP contribution in [-0.2, 0) is 13.2 Å². The number of aromatic nitrogens is 3. The molecule has 2 aromatic heterocycles. The van der Waals surface area contributed by atoms with E-state index in [4.69, 9.17) is 20.9 Å². The lowest BCUT2D eigenvalue weighted by molar-refractivity contribution is 0.101. The van der Waals surface area contributed by atoms with Gasteiger partial charge in [-0.1, -0.05) is 47.1 Å². The molecule has 2 heterocycles. The Kier molecular flexibility index (Phi) is 5.99. The number of aryl methyl sites for hydroxylation is 1. The van der Waals surface area contributed by atoms with E-state index in [0.29, 0.717) is 33.5 Å². The fraction of sp³-hybridized carbons (Fsp3) is 0.136. The number of hydrogen-bond donors (Lipinski definition) is 1. The minimum Gasteiger partial charge on any atom is -0.487 e. The van der Waals surface area contributed by atoms with Gasteiger partial charge in [-0.15, -0.1) is 0 Å². The minimum absolute atomic E-state index is 0.0591. The molecule has 7 nitrogen and oxygen atoms in total. The van der Waals surface area contributed by atoms with Gasteiger partial charge in [-0.05, 0) is 25.1 Å². The van der Waals surface area contributed by atoms with Gasteiger partial charge in [-0.2, -0.15) is 5.10 Å². The summed E-state index contributed by atoms with van der Waals surface area (Å²) in [6.45, 7) is 1.99. The molecule has 0 saturated carbocycles. The number of para-hydroxylation sites is 1. The van der Waals surface area contributed by atoms with Crippen molar-refractivity contribution in [3.05, 3.63) is 94.2 Å². The summed E-state index contributed by atoms with van der Waals surface area (Å²) in [4.78, 5) is 12.7. The Hall–Kier alpha value is -3.65. The van der Waals surface area contributed by atoms with Crippen LogP contribution in [0.1, 0.15) is 27.4 Å². The van der Waals surface area contributed by atoms with E-state index in [1.54, 1.807) is 61.7 Å². The number of rotatable bonds is 7. The van der Waals surface area contributed by atoms with Crippen molar-refractivity contribution in [2.45, 2.75) is 20.1 Å². The molecule has 1 amide bonds. The third kappa shape index (κ3) is 4.75. The van der Waals surface area contributed by atoms with Gasteiger partial charge in [0.1, 0.15) is 23.9 Å². The summed E-state index contributed by atoms with van der Waals surface area (Å²) in [5.74, 6) is 0.445. The first-order chi connectivity index (χ1) is 15.0. The maximum Gasteiger partial charge on any atom is 0.279 e. The van der Waals surface area contributed by atoms with E-state index in [0.717, 1.165) is 0 Å². The molecule has 9 heteroatoms. The van der Waals surface area contributed by atoms with E-state index in [1.807, 2.05) is 0 Å². The zero-order valence-corrected chi connectivity index (χ0v) is 17.3. The SMILES string of the molecule is Cc1onc(C(=O)Nc2ccn(Cc3ccccc3F)n2)c1COc1ccccc1Cl. The molecule has 31 heavy (non-hydrogen) atoms. The Bertz CT molecular complexity index is 1220. The lowest BCUT2D eigenvalue weighted by atomic mass is 10.2. The Morgan fingerprint density at radius 2 is 1.97 bits per heavy atom. The zero-order valence-electron chi connectivity index (χ0n) is 16.5. The van der Waals surface area contributed by atoms with Gasteiger partial charge in [-0.3, -0.25) is 9.48 Å². The number of ether oxygens (including phenoxy) is 1. The molecule has 0 aliphatic rings. The summed E-state index contributed by atoms with van der Waals surface area (Å²) in [5, 5.41) is 11.2. The molecule has 0 atom stereocenters. The van der Waals surface area contributed by atoms with E-state index in [-0.39, 0.29) is 24.7 Å². The van der Waals surface area contributed by atoms with Crippen molar-refractivity contribution in [1.82, 2.24) is 14.9 Å². The fourth-order valence-electron chi connectivity index (χ4n) is 2.94. The van der Waals surface area contributed by atoms with Crippen molar-refractivity contribution in [3.63, 3.8) is 0 Å². The largest absolute Gasteiger partial charge is 0.487 e. The first-order valence-corrected chi connectivity index (χ1v) is 9.80. The minimum atomic E-state index is -0.495. The van der Waals surface area contributed by atoms with E-state index >= 15 is 0 Å². The highest BCUT2D eigenvalue weighted by Crippen LogP contribution is 2.25. The van der Waals surface area contributed by atoms with Crippen LogP contribution in [-0.4, -0.2) is 20.8 Å². The molecule has 0 saturated heterocycles. The summed E-state index contributed by atoms with van der Waals surface area (Å²) in [5.41, 5.74) is 1.09. The lowest BCUT2D eigenvalue weighted by Gasteiger charge is -2.08. The number of hydrogen-bond acceptors (Lipinski definition) is 5. The number of carbonyl (C=O) groups excluding carboxylic acids is 1. The number of nitrogens with zero attached hydrogens (tertiary/aromatic N) is 3. The van der Waals surface area contributed by atoms with Crippen molar-refractivity contribution < 1.29 is 18.4 Å². The molecule has 0 aliphatic heterocycles. The Morgan fingerprint density at radius 3 is 2.77 bits per heavy atom. The van der Waals surface area contributed by atoms with Gasteiger partial charge < -0.3 is 14.6 Å². The molecule has 0 bridgehead atoms. The van der Waals surface area contributed by atoms with Gasteiger partial charge in [0.15, 0.2) is 11.5 Å². The normalized spacial score (nSPS) is 10.8. The number of benzene rings is 2. The van der Waals surface area contributed by atoms with Crippen LogP contribution in [0, 0.1) is 12.7 Å². The topological polar surface area (TPSA) is 82.2 Å². The Labute approximate surface area is 182 Å². The van der Waals surface area contributed by atoms with Gasteiger partial charge in [0, 0.05) is 17.8 Å². The van der Waals surface area contributed by atoms with Crippen LogP contribution in [0.4, 0.5) is 10.2 Å². The van der Waals surface area contributed by atoms with Crippen molar-refractivity contribution in [2.24, 2.45) is 0 Å². The standard InChI is InChI=1S/C22H18ClFN4O3/c1-14-16(13-30-19-9-5-3-7-17(19)23)21(27-31-14)22(29)25-20-10-11-28(26-20)12-15-6-2-4-8-18(15)24/h2-11H,12-13H2,1H3,(H,25,26,29). The average Bonchev–Trinajstić information content (AvgIpc) is 3.35. The number of anilines is 1. The number of halogens is 2. The zero-order chi connectivity index (χ0) is 21.8. The van der Waals surface area contributed by atoms with Crippen LogP contribution >= 0.6 is 11.6 Å². The van der Waals surface area contributed by atoms with Gasteiger partial charge in [-0.25, -0.2) is 4.39 Å². The van der Waals surface area contributed by atoms with Crippen LogP contribution in [0.5, 0.6) is 5.75 Å². The maximum atomic E-state index is 13.8. The molecule has 4 aromatic rings. The molecule has 1 N–H and O–H groups in total. The molecular weight excluding hydrogens is 423 g/mol. The smallest absolute Gasteiger partial charge is 0.279 e. The highest BCUT2D eigenvalue weighted by atomic mass is 35.5. The summed E-state index contributed by atoms with van der Waals surface area (Å²) >= 11 is 6.11. The molecule has 0 aliphatic carbocycles. The summed E-state index contributed by atoms with van der Waals surface area (Å²) in [7, 11) is 0. The lowest BCUT2D eigenvalue weighted by Crippen LogP contribution is -2.16. The first-order valence-electron chi connectivity index (χ1n) is 9.42. The van der Waals surface area contributed by atoms with E-state index in [2.05, 4.69) is 15.6 Å². The quantitative estimate of drug-likeness (QED) is 0.444. The highest BCUT2D eigenvalue weighted by molar-refractivity contribution is 6.32. The second kappa shape index (κ2) is 9.01. The van der Waals surface area contributed by atoms with Gasteiger partial charge in [0.2, 0.25) is 0 Å². The molecular formula is C22H18ClFN4O3. The van der Waals surface area contributed by atoms with Gasteiger partial charge in [0.05, 0.1) is 17.1 Å². The van der Waals surface area contributed by atoms with Crippen LogP contribution in [0.25, 0.3) is 0 Å². The van der Waals surface area contributed by atoms with Gasteiger partial charge >= 0.3 is 0 Å². The van der Waals surface area contributed by atoms with Crippen LogP contribution in [0.15, 0.2) is 65.3 Å². The summed E-state index contributed by atoms with van der Waals surface area (Å²) in [6.07, 6.45) is 1.65. The van der Waals surface area contributed by atoms with Crippen molar-refractivity contribution >= 4 is 23.3 Å². The molecule has 0 fully saturated rings. The van der Waals surface area contributed by atoms with Crippen LogP contribution in [0.3, 0.4) is 0 Å². The molecule has 0 unspecified atom stereocenters. The maximum absolute atomic E-state index is 13.8. The first kappa shape index (κ1) is 20.6. The second-order valence-electron chi connectivity index (χ2n) is 6.73. The molecule has 158 valence electrons. The summed E-state index contributed by atoms with van der Waals surface area (Å²) < 4.78 is 26.3. The molecule has 2 aromatic carbocycles. The molecule has 4 rings (SSSR count). The highest BCUT2D eigenvalue weighted by Gasteiger charge is 2.21. The monoisotopic (exact) mass is 440 g/mol. The van der Waals surface area contributed by atoms with Crippen LogP contribution in [0.2, 0.25) is 5.02 Å². The molecule has 0 radical (unpaired) electrons. The third-order valence-corrected chi connectivity index (χ3v) is 4.89. The Morgan fingerprint density at radius 1 is 1.19 bits per heavy atom. The van der Waals surface area contributed by atoms with E-state index in [9.17, 15) is 9.18 Å². The van der Waals surface area contributed by atoms with Gasteiger partial charge in [0.25, 0.3) is 5.91 Å². The molecule has 0 spiro atoms.